The summed E-state index contributed by atoms with van der Waals surface area (Å²) in [5.41, 5.74) is 6.41. The number of likely N-dealkylation sites (N-methyl/N-ethyl adjacent to an activating group) is 1. The van der Waals surface area contributed by atoms with Gasteiger partial charge in [-0.3, -0.25) is 0 Å². The molecular formula is C18H32KN. The molecule has 0 aliphatic rings. The van der Waals surface area contributed by atoms with Crippen LogP contribution < -0.4 is 51.4 Å². The number of hydrogen-bond acceptors (Lipinski definition) is 1. The zero-order valence-corrected chi connectivity index (χ0v) is 18.3. The minimum Gasteiger partial charge on any atom is -0.310 e. The molecule has 0 aromatic heterocycles. The molecule has 1 rings (SSSR count). The molecule has 1 nitrogen and oxygen atoms in total. The van der Waals surface area contributed by atoms with Crippen LogP contribution >= 0.6 is 0 Å². The molecule has 0 saturated heterocycles. The van der Waals surface area contributed by atoms with Crippen molar-refractivity contribution in [3.63, 3.8) is 0 Å². The Balaban J connectivity index is 0.00000361. The third-order valence-electron chi connectivity index (χ3n) is 3.88. The quantitative estimate of drug-likeness (QED) is 0.573. The SMILES string of the molecule is CC(C)c1c(CCN(C)C)c[c-](C(C)C)c1C(C)C.[K+]. The second-order valence-electron chi connectivity index (χ2n) is 6.97. The molecule has 0 atom stereocenters. The van der Waals surface area contributed by atoms with Gasteiger partial charge in [-0.15, -0.1) is 0 Å². The monoisotopic (exact) mass is 301 g/mol. The molecule has 1 aromatic carbocycles. The van der Waals surface area contributed by atoms with Crippen molar-refractivity contribution < 1.29 is 51.4 Å². The largest absolute Gasteiger partial charge is 1.00 e. The molecule has 0 N–H and O–H groups in total. The molecule has 0 aliphatic heterocycles. The first kappa shape index (κ1) is 20.9. The summed E-state index contributed by atoms with van der Waals surface area (Å²) >= 11 is 0. The van der Waals surface area contributed by atoms with Gasteiger partial charge in [0.05, 0.1) is 0 Å². The topological polar surface area (TPSA) is 3.24 Å². The van der Waals surface area contributed by atoms with Gasteiger partial charge in [0.25, 0.3) is 0 Å². The molecule has 0 saturated carbocycles. The minimum atomic E-state index is 0. The second-order valence-corrected chi connectivity index (χ2v) is 6.97. The van der Waals surface area contributed by atoms with Crippen LogP contribution in [0.4, 0.5) is 0 Å². The predicted molar refractivity (Wildman–Crippen MR) is 86.6 cm³/mol. The molecular weight excluding hydrogens is 269 g/mol. The molecule has 0 unspecified atom stereocenters. The molecule has 1 aromatic rings. The smallest absolute Gasteiger partial charge is 0.310 e. The average molecular weight is 302 g/mol. The molecule has 110 valence electrons. The van der Waals surface area contributed by atoms with Gasteiger partial charge in [0.2, 0.25) is 0 Å². The summed E-state index contributed by atoms with van der Waals surface area (Å²) in [5.74, 6) is 1.88. The van der Waals surface area contributed by atoms with Gasteiger partial charge in [0, 0.05) is 0 Å². The second kappa shape index (κ2) is 9.17. The van der Waals surface area contributed by atoms with Crippen LogP contribution in [0.2, 0.25) is 0 Å². The fourth-order valence-corrected chi connectivity index (χ4v) is 3.03. The number of rotatable bonds is 6. The van der Waals surface area contributed by atoms with E-state index >= 15 is 0 Å². The number of hydrogen-bond donors (Lipinski definition) is 0. The fraction of sp³-hybridized carbons (Fsp3) is 0.722. The van der Waals surface area contributed by atoms with Crippen LogP contribution in [-0.2, 0) is 6.42 Å². The van der Waals surface area contributed by atoms with Crippen molar-refractivity contribution >= 4 is 0 Å². The van der Waals surface area contributed by atoms with E-state index < -0.39 is 0 Å². The van der Waals surface area contributed by atoms with Crippen LogP contribution in [-0.4, -0.2) is 25.5 Å². The zero-order valence-electron chi connectivity index (χ0n) is 15.2. The third kappa shape index (κ3) is 5.30. The van der Waals surface area contributed by atoms with Gasteiger partial charge in [-0.1, -0.05) is 59.8 Å². The van der Waals surface area contributed by atoms with E-state index in [1.807, 2.05) is 0 Å². The first-order valence-corrected chi connectivity index (χ1v) is 7.72. The van der Waals surface area contributed by atoms with Crippen molar-refractivity contribution in [2.24, 2.45) is 0 Å². The van der Waals surface area contributed by atoms with Gasteiger partial charge < -0.3 is 4.90 Å². The summed E-state index contributed by atoms with van der Waals surface area (Å²) in [6, 6.07) is 2.48. The van der Waals surface area contributed by atoms with E-state index in [0.29, 0.717) is 17.8 Å². The van der Waals surface area contributed by atoms with Crippen molar-refractivity contribution in [3.8, 4) is 0 Å². The summed E-state index contributed by atoms with van der Waals surface area (Å²) in [4.78, 5) is 2.28. The Morgan fingerprint density at radius 2 is 1.55 bits per heavy atom. The van der Waals surface area contributed by atoms with E-state index in [-0.39, 0.29) is 51.4 Å². The molecule has 0 aliphatic carbocycles. The number of nitrogens with zero attached hydrogens (tertiary/aromatic N) is 1. The van der Waals surface area contributed by atoms with E-state index in [4.69, 9.17) is 0 Å². The van der Waals surface area contributed by atoms with Crippen LogP contribution in [0.25, 0.3) is 0 Å². The summed E-state index contributed by atoms with van der Waals surface area (Å²) in [7, 11) is 4.31. The third-order valence-corrected chi connectivity index (χ3v) is 3.88. The summed E-state index contributed by atoms with van der Waals surface area (Å²) in [6.45, 7) is 15.1. The molecule has 0 amide bonds. The van der Waals surface area contributed by atoms with Crippen LogP contribution in [0.3, 0.4) is 0 Å². The summed E-state index contributed by atoms with van der Waals surface area (Å²) in [6.07, 6.45) is 1.17. The minimum absolute atomic E-state index is 0. The van der Waals surface area contributed by atoms with Crippen molar-refractivity contribution in [3.05, 3.63) is 28.3 Å². The summed E-state index contributed by atoms with van der Waals surface area (Å²) in [5, 5.41) is 0. The van der Waals surface area contributed by atoms with Crippen LogP contribution in [0.15, 0.2) is 6.07 Å². The fourth-order valence-electron chi connectivity index (χ4n) is 3.03. The van der Waals surface area contributed by atoms with Crippen molar-refractivity contribution in [2.75, 3.05) is 20.6 Å². The van der Waals surface area contributed by atoms with Crippen molar-refractivity contribution in [1.29, 1.82) is 0 Å². The van der Waals surface area contributed by atoms with E-state index in [9.17, 15) is 0 Å². The van der Waals surface area contributed by atoms with Crippen molar-refractivity contribution in [2.45, 2.75) is 65.7 Å². The molecule has 20 heavy (non-hydrogen) atoms. The predicted octanol–water partition coefficient (Wildman–Crippen LogP) is 1.88. The van der Waals surface area contributed by atoms with E-state index in [1.54, 1.807) is 22.3 Å². The first-order chi connectivity index (χ1) is 8.75. The Hall–Kier alpha value is 0.946. The Bertz CT molecular complexity index is 400. The van der Waals surface area contributed by atoms with Crippen LogP contribution in [0.1, 0.15) is 81.5 Å². The average Bonchev–Trinajstić information content (AvgIpc) is 2.65. The first-order valence-electron chi connectivity index (χ1n) is 7.72. The van der Waals surface area contributed by atoms with Crippen LogP contribution in [0, 0.1) is 0 Å². The molecule has 0 spiro atoms. The summed E-state index contributed by atoms with van der Waals surface area (Å²) < 4.78 is 0. The van der Waals surface area contributed by atoms with Gasteiger partial charge in [0.1, 0.15) is 0 Å². The van der Waals surface area contributed by atoms with Crippen LogP contribution in [0.5, 0.6) is 0 Å². The van der Waals surface area contributed by atoms with Gasteiger partial charge in [-0.05, 0) is 26.6 Å². The van der Waals surface area contributed by atoms with E-state index in [0.717, 1.165) is 6.54 Å². The van der Waals surface area contributed by atoms with Gasteiger partial charge >= 0.3 is 51.4 Å². The van der Waals surface area contributed by atoms with Crippen molar-refractivity contribution in [1.82, 2.24) is 4.90 Å². The normalized spacial score (nSPS) is 11.8. The zero-order chi connectivity index (χ0) is 14.7. The maximum atomic E-state index is 2.48. The molecule has 0 bridgehead atoms. The van der Waals surface area contributed by atoms with Gasteiger partial charge in [0.15, 0.2) is 0 Å². The van der Waals surface area contributed by atoms with E-state index in [1.165, 1.54) is 6.42 Å². The standard InChI is InChI=1S/C18H32N.K/c1-12(2)16-11-15(9-10-19(7)8)17(13(3)4)18(16)14(5)6;/h11-14H,9-10H2,1-8H3;/q-1;+1. The van der Waals surface area contributed by atoms with Gasteiger partial charge in [-0.25, -0.2) is 0 Å². The molecule has 0 heterocycles. The van der Waals surface area contributed by atoms with E-state index in [2.05, 4.69) is 66.6 Å². The maximum Gasteiger partial charge on any atom is 1.00 e. The molecule has 2 heteroatoms. The molecule has 0 radical (unpaired) electrons. The van der Waals surface area contributed by atoms with Gasteiger partial charge in [-0.2, -0.15) is 28.3 Å². The maximum absolute atomic E-state index is 2.48. The Labute approximate surface area is 169 Å². The Kier molecular flexibility index (Phi) is 9.60. The Morgan fingerprint density at radius 1 is 1.00 bits per heavy atom. The molecule has 0 fully saturated rings. The Morgan fingerprint density at radius 3 is 1.90 bits per heavy atom.